The van der Waals surface area contributed by atoms with Crippen LogP contribution in [0.5, 0.6) is 5.75 Å². The van der Waals surface area contributed by atoms with E-state index in [1.165, 1.54) is 11.8 Å². The molecule has 1 aliphatic carbocycles. The van der Waals surface area contributed by atoms with Gasteiger partial charge >= 0.3 is 0 Å². The lowest BCUT2D eigenvalue weighted by molar-refractivity contribution is -0.123. The molecular formula is C23H25Cl2NO3S. The largest absolute Gasteiger partial charge is 0.486 e. The second-order valence-electron chi connectivity index (χ2n) is 7.51. The van der Waals surface area contributed by atoms with Crippen LogP contribution in [0.15, 0.2) is 53.4 Å². The van der Waals surface area contributed by atoms with Gasteiger partial charge in [-0.2, -0.15) is 0 Å². The van der Waals surface area contributed by atoms with Crippen LogP contribution in [-0.2, 0) is 9.59 Å². The summed E-state index contributed by atoms with van der Waals surface area (Å²) in [4.78, 5) is 25.5. The zero-order chi connectivity index (χ0) is 21.3. The third-order valence-electron chi connectivity index (χ3n) is 5.13. The van der Waals surface area contributed by atoms with Crippen molar-refractivity contribution in [1.82, 2.24) is 5.32 Å². The van der Waals surface area contributed by atoms with Crippen molar-refractivity contribution < 1.29 is 14.3 Å². The number of nitrogens with one attached hydrogen (secondary N) is 1. The molecule has 7 heteroatoms. The first kappa shape index (κ1) is 23.0. The lowest BCUT2D eigenvalue weighted by Crippen LogP contribution is -2.38. The first-order chi connectivity index (χ1) is 14.5. The molecule has 2 aromatic carbocycles. The summed E-state index contributed by atoms with van der Waals surface area (Å²) in [5.41, 5.74) is 0. The topological polar surface area (TPSA) is 55.4 Å². The molecule has 0 atom stereocenters. The van der Waals surface area contributed by atoms with Crippen molar-refractivity contribution in [1.29, 1.82) is 0 Å². The molecule has 0 saturated heterocycles. The molecule has 30 heavy (non-hydrogen) atoms. The normalized spacial score (nSPS) is 18.6. The van der Waals surface area contributed by atoms with Gasteiger partial charge in [-0.05, 0) is 80.1 Å². The Morgan fingerprint density at radius 1 is 0.933 bits per heavy atom. The first-order valence-electron chi connectivity index (χ1n) is 10.1. The third-order valence-corrected chi connectivity index (χ3v) is 6.64. The van der Waals surface area contributed by atoms with E-state index in [2.05, 4.69) is 5.32 Å². The first-order valence-corrected chi connectivity index (χ1v) is 11.8. The summed E-state index contributed by atoms with van der Waals surface area (Å²) in [6.45, 7) is 0.0835. The number of ketones is 1. The van der Waals surface area contributed by atoms with E-state index in [4.69, 9.17) is 27.9 Å². The Morgan fingerprint density at radius 2 is 1.53 bits per heavy atom. The zero-order valence-electron chi connectivity index (χ0n) is 16.6. The highest BCUT2D eigenvalue weighted by Gasteiger charge is 2.24. The fourth-order valence-electron chi connectivity index (χ4n) is 3.54. The Bertz CT molecular complexity index is 763. The maximum Gasteiger partial charge on any atom is 0.230 e. The number of hydrogen-bond acceptors (Lipinski definition) is 4. The Balaban J connectivity index is 1.31. The molecule has 0 spiro atoms. The van der Waals surface area contributed by atoms with Crippen LogP contribution >= 0.6 is 35.0 Å². The molecule has 1 amide bonds. The van der Waals surface area contributed by atoms with Gasteiger partial charge in [0.2, 0.25) is 5.91 Å². The van der Waals surface area contributed by atoms with E-state index in [0.29, 0.717) is 33.9 Å². The van der Waals surface area contributed by atoms with Crippen molar-refractivity contribution in [2.75, 3.05) is 12.4 Å². The number of benzene rings is 2. The van der Waals surface area contributed by atoms with E-state index in [0.717, 1.165) is 30.6 Å². The van der Waals surface area contributed by atoms with Crippen molar-refractivity contribution in [3.8, 4) is 5.75 Å². The molecular weight excluding hydrogens is 441 g/mol. The average Bonchev–Trinajstić information content (AvgIpc) is 2.74. The quantitative estimate of drug-likeness (QED) is 0.475. The van der Waals surface area contributed by atoms with Crippen LogP contribution in [0.3, 0.4) is 0 Å². The Kier molecular flexibility index (Phi) is 8.91. The van der Waals surface area contributed by atoms with Crippen LogP contribution in [0.2, 0.25) is 10.0 Å². The molecule has 1 aliphatic rings. The summed E-state index contributed by atoms with van der Waals surface area (Å²) in [7, 11) is 0. The van der Waals surface area contributed by atoms with Crippen LogP contribution in [0, 0.1) is 5.92 Å². The lowest BCUT2D eigenvalue weighted by atomic mass is 9.83. The molecule has 0 bridgehead atoms. The van der Waals surface area contributed by atoms with Crippen LogP contribution in [0.1, 0.15) is 32.1 Å². The number of ether oxygens (including phenoxy) is 1. The summed E-state index contributed by atoms with van der Waals surface area (Å²) in [5.74, 6) is 1.56. The summed E-state index contributed by atoms with van der Waals surface area (Å²) >= 11 is 13.2. The molecule has 3 rings (SSSR count). The van der Waals surface area contributed by atoms with E-state index in [1.54, 1.807) is 24.3 Å². The second kappa shape index (κ2) is 11.6. The fourth-order valence-corrected chi connectivity index (χ4v) is 4.50. The van der Waals surface area contributed by atoms with E-state index < -0.39 is 0 Å². The van der Waals surface area contributed by atoms with Gasteiger partial charge in [-0.25, -0.2) is 0 Å². The molecule has 0 heterocycles. The maximum absolute atomic E-state index is 12.2. The molecule has 0 radical (unpaired) electrons. The van der Waals surface area contributed by atoms with Gasteiger partial charge in [0.25, 0.3) is 0 Å². The second-order valence-corrected chi connectivity index (χ2v) is 9.43. The van der Waals surface area contributed by atoms with E-state index in [-0.39, 0.29) is 24.3 Å². The Morgan fingerprint density at radius 3 is 2.17 bits per heavy atom. The molecule has 160 valence electrons. The number of carbonyl (C=O) groups is 2. The minimum atomic E-state index is 0.0471. The predicted molar refractivity (Wildman–Crippen MR) is 123 cm³/mol. The Labute approximate surface area is 191 Å². The fraction of sp³-hybridized carbons (Fsp3) is 0.391. The van der Waals surface area contributed by atoms with E-state index in [9.17, 15) is 9.59 Å². The number of hydrogen-bond donors (Lipinski definition) is 1. The average molecular weight is 466 g/mol. The SMILES string of the molecule is O=C(COc1ccc(Cl)cc1)CC1CCC(NC(=O)CSc2ccc(Cl)cc2)CC1. The smallest absolute Gasteiger partial charge is 0.230 e. The molecule has 4 nitrogen and oxygen atoms in total. The third kappa shape index (κ3) is 7.86. The van der Waals surface area contributed by atoms with Crippen LogP contribution in [0.4, 0.5) is 0 Å². The molecule has 0 unspecified atom stereocenters. The Hall–Kier alpha value is -1.69. The van der Waals surface area contributed by atoms with Gasteiger partial charge in [0.05, 0.1) is 5.75 Å². The number of halogens is 2. The summed E-state index contributed by atoms with van der Waals surface area (Å²) in [6.07, 6.45) is 4.24. The van der Waals surface area contributed by atoms with Crippen molar-refractivity contribution in [2.24, 2.45) is 5.92 Å². The highest BCUT2D eigenvalue weighted by molar-refractivity contribution is 8.00. The number of Topliss-reactive ketones (excluding diaryl/α,β-unsaturated/α-hetero) is 1. The number of carbonyl (C=O) groups excluding carboxylic acids is 2. The van der Waals surface area contributed by atoms with Crippen LogP contribution < -0.4 is 10.1 Å². The highest BCUT2D eigenvalue weighted by Crippen LogP contribution is 2.28. The van der Waals surface area contributed by atoms with Gasteiger partial charge in [0.1, 0.15) is 12.4 Å². The predicted octanol–water partition coefficient (Wildman–Crippen LogP) is 5.80. The molecule has 2 aromatic rings. The lowest BCUT2D eigenvalue weighted by Gasteiger charge is -2.28. The maximum atomic E-state index is 12.2. The van der Waals surface area contributed by atoms with Crippen molar-refractivity contribution in [2.45, 2.75) is 43.0 Å². The molecule has 1 saturated carbocycles. The van der Waals surface area contributed by atoms with Gasteiger partial charge in [-0.15, -0.1) is 11.8 Å². The van der Waals surface area contributed by atoms with Crippen molar-refractivity contribution in [3.05, 3.63) is 58.6 Å². The minimum absolute atomic E-state index is 0.0471. The highest BCUT2D eigenvalue weighted by atomic mass is 35.5. The molecule has 1 N–H and O–H groups in total. The van der Waals surface area contributed by atoms with E-state index in [1.807, 2.05) is 24.3 Å². The standard InChI is InChI=1S/C23H25Cl2NO3S/c24-17-3-9-21(10-4-17)29-14-20(27)13-16-1-7-19(8-2-16)26-23(28)15-30-22-11-5-18(25)6-12-22/h3-6,9-12,16,19H,1-2,7-8,13-15H2,(H,26,28). The molecule has 0 aromatic heterocycles. The van der Waals surface area contributed by atoms with Crippen molar-refractivity contribution >= 4 is 46.7 Å². The number of rotatable bonds is 9. The van der Waals surface area contributed by atoms with Gasteiger partial charge in [-0.1, -0.05) is 23.2 Å². The summed E-state index contributed by atoms with van der Waals surface area (Å²) < 4.78 is 5.53. The number of amides is 1. The molecule has 0 aliphatic heterocycles. The minimum Gasteiger partial charge on any atom is -0.486 e. The molecule has 1 fully saturated rings. The summed E-state index contributed by atoms with van der Waals surface area (Å²) in [6, 6.07) is 14.7. The number of thioether (sulfide) groups is 1. The monoisotopic (exact) mass is 465 g/mol. The van der Waals surface area contributed by atoms with E-state index >= 15 is 0 Å². The van der Waals surface area contributed by atoms with Gasteiger partial charge in [0, 0.05) is 27.4 Å². The van der Waals surface area contributed by atoms with Crippen molar-refractivity contribution in [3.63, 3.8) is 0 Å². The van der Waals surface area contributed by atoms with Gasteiger partial charge < -0.3 is 10.1 Å². The van der Waals surface area contributed by atoms with Crippen LogP contribution in [-0.4, -0.2) is 30.1 Å². The van der Waals surface area contributed by atoms with Crippen LogP contribution in [0.25, 0.3) is 0 Å². The zero-order valence-corrected chi connectivity index (χ0v) is 18.9. The van der Waals surface area contributed by atoms with Gasteiger partial charge in [-0.3, -0.25) is 9.59 Å². The summed E-state index contributed by atoms with van der Waals surface area (Å²) in [5, 5.41) is 4.45. The van der Waals surface area contributed by atoms with Gasteiger partial charge in [0.15, 0.2) is 5.78 Å².